The van der Waals surface area contributed by atoms with Crippen molar-refractivity contribution in [3.63, 3.8) is 0 Å². The zero-order valence-corrected chi connectivity index (χ0v) is 21.3. The predicted molar refractivity (Wildman–Crippen MR) is 141 cm³/mol. The first-order valence-corrected chi connectivity index (χ1v) is 13.1. The lowest BCUT2D eigenvalue weighted by atomic mass is 9.87. The maximum absolute atomic E-state index is 12.3. The number of carbonyl (C=O) groups excluding carboxylic acids is 2. The van der Waals surface area contributed by atoms with Crippen LogP contribution in [0.15, 0.2) is 41.6 Å². The molecule has 8 nitrogen and oxygen atoms in total. The van der Waals surface area contributed by atoms with Crippen LogP contribution in [0.5, 0.6) is 11.5 Å². The van der Waals surface area contributed by atoms with Gasteiger partial charge in [-0.25, -0.2) is 4.68 Å². The van der Waals surface area contributed by atoms with Gasteiger partial charge in [-0.1, -0.05) is 6.58 Å². The summed E-state index contributed by atoms with van der Waals surface area (Å²) in [4.78, 5) is 26.2. The van der Waals surface area contributed by atoms with Crippen LogP contribution >= 0.6 is 11.3 Å². The molecule has 1 fully saturated rings. The quantitative estimate of drug-likeness (QED) is 0.363. The van der Waals surface area contributed by atoms with E-state index in [0.29, 0.717) is 41.8 Å². The Morgan fingerprint density at radius 2 is 1.89 bits per heavy atom. The van der Waals surface area contributed by atoms with Crippen molar-refractivity contribution in [1.29, 1.82) is 0 Å². The molecule has 1 atom stereocenters. The minimum Gasteiger partial charge on any atom is -0.496 e. The van der Waals surface area contributed by atoms with Crippen molar-refractivity contribution >= 4 is 29.3 Å². The van der Waals surface area contributed by atoms with E-state index in [4.69, 9.17) is 14.6 Å². The van der Waals surface area contributed by atoms with Gasteiger partial charge < -0.3 is 19.7 Å². The number of hydrogen-bond donors (Lipinski definition) is 1. The lowest BCUT2D eigenvalue weighted by molar-refractivity contribution is -0.127. The summed E-state index contributed by atoms with van der Waals surface area (Å²) in [6.07, 6.45) is 4.96. The molecule has 3 aromatic rings. The Morgan fingerprint density at radius 1 is 1.17 bits per heavy atom. The highest BCUT2D eigenvalue weighted by molar-refractivity contribution is 7.08. The summed E-state index contributed by atoms with van der Waals surface area (Å²) in [5.74, 6) is 2.43. The van der Waals surface area contributed by atoms with Crippen molar-refractivity contribution in [3.8, 4) is 33.9 Å². The zero-order valence-electron chi connectivity index (χ0n) is 20.5. The minimum atomic E-state index is -0.0159. The smallest absolute Gasteiger partial charge is 0.245 e. The number of benzene rings is 1. The molecule has 1 N–H and O–H groups in total. The molecule has 0 saturated carbocycles. The normalized spacial score (nSPS) is 17.7. The van der Waals surface area contributed by atoms with Gasteiger partial charge in [-0.15, -0.1) is 0 Å². The Bertz CT molecular complexity index is 1250. The van der Waals surface area contributed by atoms with E-state index >= 15 is 0 Å². The van der Waals surface area contributed by atoms with Gasteiger partial charge >= 0.3 is 0 Å². The van der Waals surface area contributed by atoms with Gasteiger partial charge in [0, 0.05) is 25.2 Å². The first-order chi connectivity index (χ1) is 17.6. The molecule has 2 aromatic heterocycles. The van der Waals surface area contributed by atoms with E-state index in [0.717, 1.165) is 54.6 Å². The van der Waals surface area contributed by atoms with Crippen LogP contribution in [0.2, 0.25) is 0 Å². The van der Waals surface area contributed by atoms with Gasteiger partial charge in [0.1, 0.15) is 23.0 Å². The molecule has 0 spiro atoms. The molecule has 1 unspecified atom stereocenters. The highest BCUT2D eigenvalue weighted by Crippen LogP contribution is 2.45. The number of aldehydes is 1. The number of amides is 1. The van der Waals surface area contributed by atoms with Gasteiger partial charge in [0.15, 0.2) is 6.29 Å². The average Bonchev–Trinajstić information content (AvgIpc) is 3.59. The number of piperidine rings is 1. The molecule has 36 heavy (non-hydrogen) atoms. The van der Waals surface area contributed by atoms with E-state index in [1.165, 1.54) is 6.08 Å². The third kappa shape index (κ3) is 4.17. The zero-order chi connectivity index (χ0) is 25.2. The summed E-state index contributed by atoms with van der Waals surface area (Å²) < 4.78 is 13.5. The topological polar surface area (TPSA) is 85.7 Å². The summed E-state index contributed by atoms with van der Waals surface area (Å²) >= 11 is 1.61. The van der Waals surface area contributed by atoms with Crippen LogP contribution in [0.1, 0.15) is 35.7 Å². The number of nitrogens with zero attached hydrogens (tertiary/aromatic N) is 3. The summed E-state index contributed by atoms with van der Waals surface area (Å²) in [6, 6.07) is 6.03. The molecule has 1 amide bonds. The number of methoxy groups -OCH3 is 2. The lowest BCUT2D eigenvalue weighted by Crippen LogP contribution is -2.41. The summed E-state index contributed by atoms with van der Waals surface area (Å²) in [7, 11) is 3.27. The average molecular weight is 507 g/mol. The van der Waals surface area contributed by atoms with E-state index in [2.05, 4.69) is 17.3 Å². The summed E-state index contributed by atoms with van der Waals surface area (Å²) in [6.45, 7) is 5.80. The van der Waals surface area contributed by atoms with Gasteiger partial charge in [0.25, 0.3) is 0 Å². The molecule has 5 rings (SSSR count). The Balaban J connectivity index is 1.53. The second-order valence-electron chi connectivity index (χ2n) is 9.09. The van der Waals surface area contributed by atoms with Crippen molar-refractivity contribution in [2.24, 2.45) is 5.92 Å². The third-order valence-corrected chi connectivity index (χ3v) is 7.95. The number of ether oxygens (including phenoxy) is 2. The summed E-state index contributed by atoms with van der Waals surface area (Å²) in [5.41, 5.74) is 3.79. The van der Waals surface area contributed by atoms with E-state index in [1.807, 2.05) is 33.2 Å². The lowest BCUT2D eigenvalue weighted by Gasteiger charge is -2.38. The van der Waals surface area contributed by atoms with Crippen LogP contribution < -0.4 is 14.8 Å². The fourth-order valence-electron chi connectivity index (χ4n) is 5.46. The molecule has 1 aromatic carbocycles. The second-order valence-corrected chi connectivity index (χ2v) is 9.87. The molecule has 9 heteroatoms. The molecule has 1 saturated heterocycles. The van der Waals surface area contributed by atoms with E-state index in [-0.39, 0.29) is 11.9 Å². The van der Waals surface area contributed by atoms with Gasteiger partial charge in [-0.2, -0.15) is 16.4 Å². The van der Waals surface area contributed by atoms with Gasteiger partial charge in [0.2, 0.25) is 5.91 Å². The highest BCUT2D eigenvalue weighted by atomic mass is 32.1. The van der Waals surface area contributed by atoms with Crippen LogP contribution in [0.4, 0.5) is 5.82 Å². The Labute approximate surface area is 214 Å². The molecule has 2 aliphatic rings. The number of likely N-dealkylation sites (tertiary alicyclic amines) is 1. The van der Waals surface area contributed by atoms with E-state index < -0.39 is 0 Å². The minimum absolute atomic E-state index is 0.0159. The molecule has 188 valence electrons. The largest absolute Gasteiger partial charge is 0.496 e. The van der Waals surface area contributed by atoms with Crippen LogP contribution in [0.3, 0.4) is 0 Å². The monoisotopic (exact) mass is 506 g/mol. The van der Waals surface area contributed by atoms with Crippen molar-refractivity contribution in [3.05, 3.63) is 47.2 Å². The molecule has 4 heterocycles. The number of hydrogen-bond acceptors (Lipinski definition) is 7. The van der Waals surface area contributed by atoms with Gasteiger partial charge in [0.05, 0.1) is 31.4 Å². The van der Waals surface area contributed by atoms with E-state index in [1.54, 1.807) is 25.6 Å². The number of carbonyl (C=O) groups is 2. The Kier molecular flexibility index (Phi) is 6.82. The fraction of sp³-hybridized carbons (Fsp3) is 0.370. The molecular weight excluding hydrogens is 476 g/mol. The van der Waals surface area contributed by atoms with Crippen molar-refractivity contribution in [2.75, 3.05) is 39.2 Å². The number of thiophene rings is 1. The van der Waals surface area contributed by atoms with Gasteiger partial charge in [-0.05, 0) is 65.8 Å². The molecular formula is C27H30N4O4S. The second kappa shape index (κ2) is 10.2. The standard InChI is InChI=1S/C27H30N4O4S/c1-4-24(33)30-10-6-17(7-11-30)21-5-9-28-27-20(15-32)26(29-31(21)27)19-13-22(34-2)25(23(14-19)35-3)18-8-12-36-16-18/h4,8,12-17,21,28H,1,5-7,9-11H2,2-3H3. The number of nitrogens with one attached hydrogen (secondary N) is 1. The van der Waals surface area contributed by atoms with Gasteiger partial charge in [-0.3, -0.25) is 9.59 Å². The number of aromatic nitrogens is 2. The molecule has 0 radical (unpaired) electrons. The van der Waals surface area contributed by atoms with Crippen molar-refractivity contribution < 1.29 is 19.1 Å². The Morgan fingerprint density at radius 3 is 2.47 bits per heavy atom. The third-order valence-electron chi connectivity index (χ3n) is 7.27. The number of anilines is 1. The molecule has 0 aliphatic carbocycles. The maximum atomic E-state index is 12.3. The predicted octanol–water partition coefficient (Wildman–Crippen LogP) is 4.89. The van der Waals surface area contributed by atoms with Crippen LogP contribution in [0.25, 0.3) is 22.4 Å². The van der Waals surface area contributed by atoms with Crippen molar-refractivity contribution in [2.45, 2.75) is 25.3 Å². The van der Waals surface area contributed by atoms with Crippen LogP contribution in [-0.4, -0.2) is 60.7 Å². The molecule has 0 bridgehead atoms. The first-order valence-electron chi connectivity index (χ1n) is 12.1. The SMILES string of the molecule is C=CC(=O)N1CCC(C2CCNc3c(C=O)c(-c4cc(OC)c(-c5ccsc5)c(OC)c4)nn32)CC1. The van der Waals surface area contributed by atoms with Crippen LogP contribution in [-0.2, 0) is 4.79 Å². The summed E-state index contributed by atoms with van der Waals surface area (Å²) in [5, 5.41) is 12.4. The Hall–Kier alpha value is -3.59. The van der Waals surface area contributed by atoms with E-state index in [9.17, 15) is 9.59 Å². The number of fused-ring (bicyclic) bond motifs is 1. The first kappa shape index (κ1) is 24.1. The van der Waals surface area contributed by atoms with Crippen molar-refractivity contribution in [1.82, 2.24) is 14.7 Å². The molecule has 2 aliphatic heterocycles. The van der Waals surface area contributed by atoms with Crippen LogP contribution in [0, 0.1) is 5.92 Å². The maximum Gasteiger partial charge on any atom is 0.245 e. The fourth-order valence-corrected chi connectivity index (χ4v) is 6.10. The highest BCUT2D eigenvalue weighted by Gasteiger charge is 2.35. The number of rotatable bonds is 7.